The summed E-state index contributed by atoms with van der Waals surface area (Å²) in [6.45, 7) is 2.84. The van der Waals surface area contributed by atoms with Crippen molar-refractivity contribution >= 4 is 5.97 Å². The lowest BCUT2D eigenvalue weighted by molar-refractivity contribution is -0.166. The number of aromatic nitrogens is 2. The zero-order chi connectivity index (χ0) is 30.7. The van der Waals surface area contributed by atoms with Crippen LogP contribution in [0.15, 0.2) is 84.9 Å². The highest BCUT2D eigenvalue weighted by Crippen LogP contribution is 2.43. The van der Waals surface area contributed by atoms with E-state index in [0.717, 1.165) is 24.3 Å². The molecule has 0 fully saturated rings. The highest BCUT2D eigenvalue weighted by Gasteiger charge is 2.51. The van der Waals surface area contributed by atoms with Crippen LogP contribution < -0.4 is 4.74 Å². The SMILES string of the molecule is Cc1cc(C)nc(O[C@H](C(=O)O)[C@](OCc2ccccc2)(c2ccc(C(F)(F)F)cc2)c2cccc(C(F)(F)F)c2)n1. The molecule has 4 rings (SSSR count). The maximum atomic E-state index is 13.9. The van der Waals surface area contributed by atoms with E-state index in [4.69, 9.17) is 9.47 Å². The number of hydrogen-bond donors (Lipinski definition) is 1. The van der Waals surface area contributed by atoms with Gasteiger partial charge in [-0.3, -0.25) is 0 Å². The number of halogens is 6. The molecule has 0 bridgehead atoms. The van der Waals surface area contributed by atoms with Crippen LogP contribution in [0.4, 0.5) is 26.3 Å². The Morgan fingerprint density at radius 2 is 1.29 bits per heavy atom. The summed E-state index contributed by atoms with van der Waals surface area (Å²) in [6.07, 6.45) is -11.7. The highest BCUT2D eigenvalue weighted by atomic mass is 19.4. The molecule has 0 unspecified atom stereocenters. The van der Waals surface area contributed by atoms with Crippen molar-refractivity contribution in [3.8, 4) is 6.01 Å². The average Bonchev–Trinajstić information content (AvgIpc) is 2.92. The van der Waals surface area contributed by atoms with Gasteiger partial charge in [0.2, 0.25) is 6.10 Å². The number of carboxylic acid groups (broad SMARTS) is 1. The third kappa shape index (κ3) is 6.71. The summed E-state index contributed by atoms with van der Waals surface area (Å²) >= 11 is 0. The number of rotatable bonds is 9. The number of ether oxygens (including phenoxy) is 2. The number of alkyl halides is 6. The summed E-state index contributed by atoms with van der Waals surface area (Å²) in [5.74, 6) is -1.69. The second-order valence-corrected chi connectivity index (χ2v) is 9.43. The number of aryl methyl sites for hydroxylation is 2. The topological polar surface area (TPSA) is 81.5 Å². The van der Waals surface area contributed by atoms with Gasteiger partial charge in [-0.05, 0) is 60.9 Å². The van der Waals surface area contributed by atoms with Crippen LogP contribution in [-0.4, -0.2) is 27.1 Å². The Morgan fingerprint density at radius 1 is 0.738 bits per heavy atom. The van der Waals surface area contributed by atoms with Gasteiger partial charge in [0.1, 0.15) is 0 Å². The molecule has 0 aliphatic heterocycles. The van der Waals surface area contributed by atoms with Gasteiger partial charge in [0.25, 0.3) is 0 Å². The first kappa shape index (κ1) is 30.5. The second kappa shape index (κ2) is 11.8. The van der Waals surface area contributed by atoms with E-state index in [-0.39, 0.29) is 17.7 Å². The molecule has 42 heavy (non-hydrogen) atoms. The fourth-order valence-corrected chi connectivity index (χ4v) is 4.48. The normalized spacial score (nSPS) is 14.2. The molecule has 1 heterocycles. The first-order valence-corrected chi connectivity index (χ1v) is 12.5. The van der Waals surface area contributed by atoms with Crippen LogP contribution >= 0.6 is 0 Å². The summed E-state index contributed by atoms with van der Waals surface area (Å²) in [6, 6.07) is 16.5. The average molecular weight is 591 g/mol. The third-order valence-electron chi connectivity index (χ3n) is 6.35. The van der Waals surface area contributed by atoms with E-state index in [9.17, 15) is 36.2 Å². The van der Waals surface area contributed by atoms with Gasteiger partial charge in [0, 0.05) is 11.4 Å². The maximum Gasteiger partial charge on any atom is 0.416 e. The number of aliphatic carboxylic acids is 1. The molecule has 3 aromatic carbocycles. The molecular formula is C30H24F6N2O4. The summed E-state index contributed by atoms with van der Waals surface area (Å²) in [5.41, 5.74) is -3.82. The third-order valence-corrected chi connectivity index (χ3v) is 6.35. The minimum atomic E-state index is -4.84. The van der Waals surface area contributed by atoms with Crippen molar-refractivity contribution in [3.05, 3.63) is 124 Å². The number of carboxylic acids is 1. The molecule has 0 amide bonds. The smallest absolute Gasteiger partial charge is 0.416 e. The number of carbonyl (C=O) groups is 1. The van der Waals surface area contributed by atoms with Gasteiger partial charge in [-0.15, -0.1) is 0 Å². The second-order valence-electron chi connectivity index (χ2n) is 9.43. The molecular weight excluding hydrogens is 566 g/mol. The molecule has 0 saturated carbocycles. The molecule has 6 nitrogen and oxygen atoms in total. The van der Waals surface area contributed by atoms with Crippen molar-refractivity contribution in [2.24, 2.45) is 0 Å². The first-order valence-electron chi connectivity index (χ1n) is 12.5. The minimum Gasteiger partial charge on any atom is -0.478 e. The fraction of sp³-hybridized carbons (Fsp3) is 0.233. The highest BCUT2D eigenvalue weighted by molar-refractivity contribution is 5.76. The van der Waals surface area contributed by atoms with E-state index in [0.29, 0.717) is 35.2 Å². The van der Waals surface area contributed by atoms with Crippen LogP contribution in [-0.2, 0) is 34.1 Å². The molecule has 2 atom stereocenters. The number of benzene rings is 3. The Labute approximate surface area is 236 Å². The van der Waals surface area contributed by atoms with Crippen LogP contribution in [0.1, 0.15) is 39.2 Å². The van der Waals surface area contributed by atoms with Gasteiger partial charge in [0.15, 0.2) is 5.60 Å². The van der Waals surface area contributed by atoms with Crippen LogP contribution in [0.2, 0.25) is 0 Å². The predicted molar refractivity (Wildman–Crippen MR) is 138 cm³/mol. The lowest BCUT2D eigenvalue weighted by atomic mass is 9.80. The quantitative estimate of drug-likeness (QED) is 0.209. The van der Waals surface area contributed by atoms with E-state index < -0.39 is 47.2 Å². The Balaban J connectivity index is 2.02. The summed E-state index contributed by atoms with van der Waals surface area (Å²) in [4.78, 5) is 21.1. The predicted octanol–water partition coefficient (Wildman–Crippen LogP) is 7.12. The van der Waals surface area contributed by atoms with Crippen LogP contribution in [0, 0.1) is 13.8 Å². The summed E-state index contributed by atoms with van der Waals surface area (Å²) in [7, 11) is 0. The van der Waals surface area contributed by atoms with Gasteiger partial charge < -0.3 is 14.6 Å². The van der Waals surface area contributed by atoms with Crippen molar-refractivity contribution < 1.29 is 45.7 Å². The molecule has 0 spiro atoms. The molecule has 12 heteroatoms. The van der Waals surface area contributed by atoms with E-state index in [1.54, 1.807) is 50.2 Å². The molecule has 0 radical (unpaired) electrons. The van der Waals surface area contributed by atoms with Gasteiger partial charge in [0.05, 0.1) is 17.7 Å². The first-order chi connectivity index (χ1) is 19.7. The number of nitrogens with zero attached hydrogens (tertiary/aromatic N) is 2. The standard InChI is InChI=1S/C30H24F6N2O4/c1-18-15-19(2)38-27(37-18)42-25(26(39)40)28(41-17-20-7-4-3-5-8-20,21-11-13-22(14-12-21)29(31,32)33)23-9-6-10-24(16-23)30(34,35)36/h3-16,25H,17H2,1-2H3,(H,39,40)/t25-,28+/m1/s1. The largest absolute Gasteiger partial charge is 0.478 e. The van der Waals surface area contributed by atoms with Crippen molar-refractivity contribution in [2.75, 3.05) is 0 Å². The molecule has 0 aliphatic carbocycles. The molecule has 1 N–H and O–H groups in total. The Kier molecular flexibility index (Phi) is 8.58. The van der Waals surface area contributed by atoms with Gasteiger partial charge in [-0.25, -0.2) is 14.8 Å². The van der Waals surface area contributed by atoms with Crippen LogP contribution in [0.25, 0.3) is 0 Å². The zero-order valence-corrected chi connectivity index (χ0v) is 22.2. The van der Waals surface area contributed by atoms with E-state index >= 15 is 0 Å². The zero-order valence-electron chi connectivity index (χ0n) is 22.2. The Morgan fingerprint density at radius 3 is 1.83 bits per heavy atom. The fourth-order valence-electron chi connectivity index (χ4n) is 4.48. The van der Waals surface area contributed by atoms with Gasteiger partial charge in [-0.1, -0.05) is 54.6 Å². The van der Waals surface area contributed by atoms with Crippen molar-refractivity contribution in [1.82, 2.24) is 9.97 Å². The molecule has 1 aromatic heterocycles. The van der Waals surface area contributed by atoms with E-state index in [2.05, 4.69) is 9.97 Å². The number of hydrogen-bond acceptors (Lipinski definition) is 5. The lowest BCUT2D eigenvalue weighted by Gasteiger charge is -2.39. The summed E-state index contributed by atoms with van der Waals surface area (Å²) < 4.78 is 93.9. The van der Waals surface area contributed by atoms with Crippen LogP contribution in [0.5, 0.6) is 6.01 Å². The van der Waals surface area contributed by atoms with Crippen molar-refractivity contribution in [1.29, 1.82) is 0 Å². The van der Waals surface area contributed by atoms with Crippen molar-refractivity contribution in [2.45, 2.75) is 44.5 Å². The Hall–Kier alpha value is -4.45. The van der Waals surface area contributed by atoms with Crippen molar-refractivity contribution in [3.63, 3.8) is 0 Å². The minimum absolute atomic E-state index is 0.206. The lowest BCUT2D eigenvalue weighted by Crippen LogP contribution is -2.51. The molecule has 4 aromatic rings. The van der Waals surface area contributed by atoms with E-state index in [1.165, 1.54) is 6.07 Å². The Bertz CT molecular complexity index is 1520. The van der Waals surface area contributed by atoms with Crippen LogP contribution in [0.3, 0.4) is 0 Å². The summed E-state index contributed by atoms with van der Waals surface area (Å²) in [5, 5.41) is 10.5. The van der Waals surface area contributed by atoms with Gasteiger partial charge >= 0.3 is 24.3 Å². The molecule has 0 saturated heterocycles. The van der Waals surface area contributed by atoms with Gasteiger partial charge in [-0.2, -0.15) is 26.3 Å². The maximum absolute atomic E-state index is 13.9. The van der Waals surface area contributed by atoms with E-state index in [1.807, 2.05) is 0 Å². The monoisotopic (exact) mass is 590 g/mol. The molecule has 220 valence electrons. The molecule has 0 aliphatic rings.